The van der Waals surface area contributed by atoms with Gasteiger partial charge in [0.1, 0.15) is 5.82 Å². The van der Waals surface area contributed by atoms with Crippen molar-refractivity contribution in [3.8, 4) is 0 Å². The van der Waals surface area contributed by atoms with Gasteiger partial charge >= 0.3 is 6.03 Å². The van der Waals surface area contributed by atoms with Crippen LogP contribution < -0.4 is 11.1 Å². The number of aliphatic hydroxyl groups is 1. The van der Waals surface area contributed by atoms with Gasteiger partial charge in [-0.1, -0.05) is 37.6 Å². The highest BCUT2D eigenvalue weighted by Gasteiger charge is 2.43. The maximum atomic E-state index is 15.1. The number of hydrogen-bond donors (Lipinski definition) is 3. The molecule has 7 nitrogen and oxygen atoms in total. The number of hydrogen-bond acceptors (Lipinski definition) is 5. The van der Waals surface area contributed by atoms with E-state index in [0.717, 1.165) is 6.42 Å². The van der Waals surface area contributed by atoms with Crippen molar-refractivity contribution in [2.24, 2.45) is 17.1 Å². The summed E-state index contributed by atoms with van der Waals surface area (Å²) in [4.78, 5) is 14.7. The van der Waals surface area contributed by atoms with Crippen LogP contribution in [0.25, 0.3) is 0 Å². The third kappa shape index (κ3) is 8.57. The maximum absolute atomic E-state index is 15.1. The maximum Gasteiger partial charge on any atom is 0.317 e. The first kappa shape index (κ1) is 29.8. The number of nitrogens with zero attached hydrogens (tertiary/aromatic N) is 1. The Labute approximate surface area is 214 Å². The molecule has 9 heteroatoms. The molecule has 1 saturated heterocycles. The molecule has 1 heterocycles. The Morgan fingerprint density at radius 3 is 2.77 bits per heavy atom. The lowest BCUT2D eigenvalue weighted by atomic mass is 9.74. The minimum absolute atomic E-state index is 0.0198. The first-order valence-corrected chi connectivity index (χ1v) is 12.8. The van der Waals surface area contributed by atoms with E-state index in [-0.39, 0.29) is 34.0 Å². The molecule has 1 unspecified atom stereocenters. The molecule has 1 aromatic carbocycles. The van der Waals surface area contributed by atoms with Crippen LogP contribution in [0.5, 0.6) is 0 Å². The first-order chi connectivity index (χ1) is 16.5. The Morgan fingerprint density at radius 1 is 1.34 bits per heavy atom. The van der Waals surface area contributed by atoms with Crippen molar-refractivity contribution in [3.05, 3.63) is 34.6 Å². The molecule has 0 aromatic heterocycles. The molecule has 0 aliphatic carbocycles. The smallest absolute Gasteiger partial charge is 0.317 e. The van der Waals surface area contributed by atoms with Crippen LogP contribution in [0.15, 0.2) is 18.2 Å². The largest absolute Gasteiger partial charge is 0.385 e. The molecular formula is C26H43ClFN3O4. The topological polar surface area (TPSA) is 97.1 Å². The van der Waals surface area contributed by atoms with Crippen molar-refractivity contribution in [1.29, 1.82) is 0 Å². The van der Waals surface area contributed by atoms with Gasteiger partial charge in [0, 0.05) is 58.0 Å². The highest BCUT2D eigenvalue weighted by atomic mass is 35.5. The Kier molecular flexibility index (Phi) is 11.7. The van der Waals surface area contributed by atoms with Crippen molar-refractivity contribution in [2.45, 2.75) is 64.0 Å². The van der Waals surface area contributed by atoms with Gasteiger partial charge in [-0.15, -0.1) is 0 Å². The van der Waals surface area contributed by atoms with Crippen LogP contribution in [0.1, 0.15) is 57.9 Å². The van der Waals surface area contributed by atoms with E-state index in [1.165, 1.54) is 6.07 Å². The number of ether oxygens (including phenoxy) is 2. The third-order valence-electron chi connectivity index (χ3n) is 6.82. The van der Waals surface area contributed by atoms with Gasteiger partial charge in [0.2, 0.25) is 0 Å². The summed E-state index contributed by atoms with van der Waals surface area (Å²) in [5.74, 6) is -0.929. The second-order valence-corrected chi connectivity index (χ2v) is 10.9. The summed E-state index contributed by atoms with van der Waals surface area (Å²) in [5.41, 5.74) is 4.92. The number of halogens is 2. The van der Waals surface area contributed by atoms with E-state index >= 15 is 4.39 Å². The number of benzene rings is 1. The summed E-state index contributed by atoms with van der Waals surface area (Å²) in [7, 11) is 3.29. The quantitative estimate of drug-likeness (QED) is 0.340. The number of nitrogens with one attached hydrogen (secondary N) is 1. The first-order valence-electron chi connectivity index (χ1n) is 12.5. The predicted octanol–water partition coefficient (Wildman–Crippen LogP) is 4.30. The lowest BCUT2D eigenvalue weighted by Gasteiger charge is -2.43. The Balaban J connectivity index is 2.09. The number of rotatable bonds is 13. The number of urea groups is 1. The lowest BCUT2D eigenvalue weighted by Crippen LogP contribution is -2.52. The molecule has 0 bridgehead atoms. The van der Waals surface area contributed by atoms with E-state index in [1.54, 1.807) is 31.3 Å². The Morgan fingerprint density at radius 2 is 2.09 bits per heavy atom. The van der Waals surface area contributed by atoms with E-state index in [1.807, 2.05) is 0 Å². The molecule has 0 radical (unpaired) electrons. The van der Waals surface area contributed by atoms with Gasteiger partial charge in [-0.05, 0) is 50.0 Å². The second kappa shape index (κ2) is 13.7. The van der Waals surface area contributed by atoms with Crippen LogP contribution in [-0.4, -0.2) is 69.1 Å². The van der Waals surface area contributed by atoms with Gasteiger partial charge in [0.05, 0.1) is 17.2 Å². The predicted molar refractivity (Wildman–Crippen MR) is 137 cm³/mol. The van der Waals surface area contributed by atoms with Crippen molar-refractivity contribution < 1.29 is 23.8 Å². The molecule has 1 aromatic rings. The highest BCUT2D eigenvalue weighted by Crippen LogP contribution is 2.42. The number of amides is 2. The Hall–Kier alpha value is -1.45. The lowest BCUT2D eigenvalue weighted by molar-refractivity contribution is -0.0586. The number of carbonyl (C=O) groups is 1. The average molecular weight is 516 g/mol. The summed E-state index contributed by atoms with van der Waals surface area (Å²) in [6.07, 6.45) is 3.86. The number of nitrogens with two attached hydrogens (primary N) is 1. The van der Waals surface area contributed by atoms with Crippen molar-refractivity contribution >= 4 is 17.6 Å². The van der Waals surface area contributed by atoms with Crippen LogP contribution in [-0.2, 0) is 15.1 Å². The molecule has 1 aliphatic heterocycles. The van der Waals surface area contributed by atoms with Crippen molar-refractivity contribution in [1.82, 2.24) is 10.2 Å². The molecule has 200 valence electrons. The normalized spacial score (nSPS) is 19.3. The Bertz CT molecular complexity index is 813. The monoisotopic (exact) mass is 515 g/mol. The summed E-state index contributed by atoms with van der Waals surface area (Å²) < 4.78 is 25.4. The third-order valence-corrected chi connectivity index (χ3v) is 7.12. The van der Waals surface area contributed by atoms with E-state index in [9.17, 15) is 9.90 Å². The number of piperidine rings is 1. The van der Waals surface area contributed by atoms with E-state index in [2.05, 4.69) is 19.2 Å². The van der Waals surface area contributed by atoms with Crippen LogP contribution in [0.4, 0.5) is 9.18 Å². The molecule has 2 rings (SSSR count). The van der Waals surface area contributed by atoms with Gasteiger partial charge in [-0.2, -0.15) is 0 Å². The summed E-state index contributed by atoms with van der Waals surface area (Å²) in [5, 5.41) is 14.8. The van der Waals surface area contributed by atoms with Crippen LogP contribution in [0.2, 0.25) is 5.02 Å². The summed E-state index contributed by atoms with van der Waals surface area (Å²) >= 11 is 6.06. The van der Waals surface area contributed by atoms with Gasteiger partial charge < -0.3 is 30.5 Å². The number of unbranched alkanes of at least 4 members (excludes halogenated alkanes) is 1. The molecule has 0 saturated carbocycles. The number of carbonyl (C=O) groups excluding carboxylic acids is 1. The van der Waals surface area contributed by atoms with Crippen LogP contribution in [0, 0.1) is 17.2 Å². The highest BCUT2D eigenvalue weighted by molar-refractivity contribution is 6.30. The minimum Gasteiger partial charge on any atom is -0.385 e. The van der Waals surface area contributed by atoms with Crippen molar-refractivity contribution in [3.63, 3.8) is 0 Å². The average Bonchev–Trinajstić information content (AvgIpc) is 2.81. The molecule has 1 aliphatic rings. The number of likely N-dealkylation sites (tertiary alicyclic amines) is 1. The van der Waals surface area contributed by atoms with Gasteiger partial charge in [-0.3, -0.25) is 0 Å². The van der Waals surface area contributed by atoms with E-state index < -0.39 is 11.4 Å². The molecule has 4 N–H and O–H groups in total. The standard InChI is InChI=1S/C26H43ClFN3O4/c1-25(2,18-35-4)15-20(29)16-30-24(32)31-13-8-9-19(17-31)26(33,12-5-6-14-34-3)21-10-7-11-22(27)23(21)28/h7,10-11,19-20,33H,5-6,8-9,12-18,29H2,1-4H3,(H,30,32)/t19-,20?,26+/m1/s1. The number of methoxy groups -OCH3 is 2. The van der Waals surface area contributed by atoms with Gasteiger partial charge in [-0.25, -0.2) is 9.18 Å². The van der Waals surface area contributed by atoms with E-state index in [0.29, 0.717) is 65.0 Å². The SMILES string of the molecule is COCCCC[C@@](O)(c1cccc(Cl)c1F)[C@@H]1CCCN(C(=O)NCC(N)CC(C)(C)COC)C1. The molecule has 1 fully saturated rings. The summed E-state index contributed by atoms with van der Waals surface area (Å²) in [6.45, 7) is 6.55. The second-order valence-electron chi connectivity index (χ2n) is 10.5. The summed E-state index contributed by atoms with van der Waals surface area (Å²) in [6, 6.07) is 4.30. The zero-order valence-corrected chi connectivity index (χ0v) is 22.4. The molecule has 35 heavy (non-hydrogen) atoms. The van der Waals surface area contributed by atoms with Gasteiger partial charge in [0.25, 0.3) is 0 Å². The fourth-order valence-corrected chi connectivity index (χ4v) is 5.33. The zero-order chi connectivity index (χ0) is 26.1. The molecule has 3 atom stereocenters. The zero-order valence-electron chi connectivity index (χ0n) is 21.6. The fraction of sp³-hybridized carbons (Fsp3) is 0.731. The molecule has 2 amide bonds. The molecular weight excluding hydrogens is 473 g/mol. The fourth-order valence-electron chi connectivity index (χ4n) is 5.15. The van der Waals surface area contributed by atoms with Crippen LogP contribution >= 0.6 is 11.6 Å². The van der Waals surface area contributed by atoms with E-state index in [4.69, 9.17) is 26.8 Å². The van der Waals surface area contributed by atoms with Crippen molar-refractivity contribution in [2.75, 3.05) is 47.1 Å². The molecule has 0 spiro atoms. The minimum atomic E-state index is -1.44. The van der Waals surface area contributed by atoms with Gasteiger partial charge in [0.15, 0.2) is 0 Å². The van der Waals surface area contributed by atoms with Crippen LogP contribution in [0.3, 0.4) is 0 Å².